The second-order valence-electron chi connectivity index (χ2n) is 5.19. The highest BCUT2D eigenvalue weighted by atomic mass is 35.5. The third kappa shape index (κ3) is 6.71. The van der Waals surface area contributed by atoms with Crippen LogP contribution in [0.4, 0.5) is 0 Å². The van der Waals surface area contributed by atoms with Crippen LogP contribution in [0.5, 0.6) is 0 Å². The molecule has 0 fully saturated rings. The minimum atomic E-state index is -0.886. The molecule has 0 radical (unpaired) electrons. The average Bonchev–Trinajstić information content (AvgIpc) is 2.68. The SMILES string of the molecule is C=CC/C=C/COC(=O)c1c(Cl)c(Cl)c(Cl)c(Cl)c1C(=O)OC/C=C/CC=C. The molecule has 0 heterocycles. The second kappa shape index (κ2) is 12.7. The van der Waals surface area contributed by atoms with Gasteiger partial charge in [0.15, 0.2) is 0 Å². The van der Waals surface area contributed by atoms with Gasteiger partial charge >= 0.3 is 11.9 Å². The van der Waals surface area contributed by atoms with Gasteiger partial charge in [0.25, 0.3) is 0 Å². The average molecular weight is 464 g/mol. The van der Waals surface area contributed by atoms with Crippen molar-refractivity contribution in [1.82, 2.24) is 0 Å². The molecule has 0 aliphatic rings. The molecule has 28 heavy (non-hydrogen) atoms. The third-order valence-corrected chi connectivity index (χ3v) is 5.04. The van der Waals surface area contributed by atoms with Crippen LogP contribution >= 0.6 is 46.4 Å². The molecule has 150 valence electrons. The molecule has 0 unspecified atom stereocenters. The zero-order chi connectivity index (χ0) is 21.1. The monoisotopic (exact) mass is 462 g/mol. The van der Waals surface area contributed by atoms with E-state index in [4.69, 9.17) is 55.9 Å². The fourth-order valence-corrected chi connectivity index (χ4v) is 2.93. The predicted molar refractivity (Wildman–Crippen MR) is 115 cm³/mol. The molecule has 0 bridgehead atoms. The second-order valence-corrected chi connectivity index (χ2v) is 6.71. The van der Waals surface area contributed by atoms with Crippen LogP contribution in [0.15, 0.2) is 49.6 Å². The predicted octanol–water partition coefficient (Wildman–Crippen LogP) is 6.88. The lowest BCUT2D eigenvalue weighted by Gasteiger charge is -2.14. The van der Waals surface area contributed by atoms with E-state index in [-0.39, 0.29) is 44.4 Å². The van der Waals surface area contributed by atoms with Crippen molar-refractivity contribution in [3.63, 3.8) is 0 Å². The number of allylic oxidation sites excluding steroid dienone is 4. The number of esters is 2. The first-order valence-corrected chi connectivity index (χ1v) is 9.59. The third-order valence-electron chi connectivity index (χ3n) is 3.24. The minimum absolute atomic E-state index is 0.0420. The molecular formula is C20H18Cl4O4. The van der Waals surface area contributed by atoms with Gasteiger partial charge in [-0.1, -0.05) is 82.9 Å². The van der Waals surface area contributed by atoms with Crippen molar-refractivity contribution >= 4 is 58.3 Å². The lowest BCUT2D eigenvalue weighted by Crippen LogP contribution is -2.16. The van der Waals surface area contributed by atoms with Gasteiger partial charge in [-0.2, -0.15) is 0 Å². The summed E-state index contributed by atoms with van der Waals surface area (Å²) in [6.07, 6.45) is 11.4. The molecule has 0 aromatic heterocycles. The van der Waals surface area contributed by atoms with Gasteiger partial charge in [-0.05, 0) is 12.8 Å². The summed E-state index contributed by atoms with van der Waals surface area (Å²) in [4.78, 5) is 25.0. The zero-order valence-electron chi connectivity index (χ0n) is 14.9. The number of carbonyl (C=O) groups excluding carboxylic acids is 2. The Morgan fingerprint density at radius 2 is 1.04 bits per heavy atom. The molecule has 0 amide bonds. The number of rotatable bonds is 10. The maximum atomic E-state index is 12.5. The van der Waals surface area contributed by atoms with Crippen molar-refractivity contribution < 1.29 is 19.1 Å². The molecule has 1 aromatic carbocycles. The number of carbonyl (C=O) groups is 2. The quantitative estimate of drug-likeness (QED) is 0.164. The first kappa shape index (κ1) is 24.3. The Bertz CT molecular complexity index is 746. The van der Waals surface area contributed by atoms with Gasteiger partial charge in [-0.15, -0.1) is 13.2 Å². The van der Waals surface area contributed by atoms with E-state index in [2.05, 4.69) is 13.2 Å². The number of hydrogen-bond donors (Lipinski definition) is 0. The van der Waals surface area contributed by atoms with Gasteiger partial charge in [0.05, 0.1) is 31.2 Å². The van der Waals surface area contributed by atoms with Crippen LogP contribution < -0.4 is 0 Å². The number of halogens is 4. The van der Waals surface area contributed by atoms with Gasteiger partial charge in [0, 0.05) is 0 Å². The van der Waals surface area contributed by atoms with Crippen molar-refractivity contribution in [2.24, 2.45) is 0 Å². The van der Waals surface area contributed by atoms with Crippen LogP contribution in [0.1, 0.15) is 33.6 Å². The highest BCUT2D eigenvalue weighted by Gasteiger charge is 2.30. The normalized spacial score (nSPS) is 11.0. The number of hydrogen-bond acceptors (Lipinski definition) is 4. The molecule has 0 aliphatic heterocycles. The summed E-state index contributed by atoms with van der Waals surface area (Å²) in [6.45, 7) is 7.06. The summed E-state index contributed by atoms with van der Waals surface area (Å²) < 4.78 is 10.2. The van der Waals surface area contributed by atoms with Crippen LogP contribution in [0.3, 0.4) is 0 Å². The highest BCUT2D eigenvalue weighted by Crippen LogP contribution is 2.42. The summed E-state index contributed by atoms with van der Waals surface area (Å²) in [6, 6.07) is 0. The van der Waals surface area contributed by atoms with E-state index in [1.165, 1.54) is 0 Å². The Balaban J connectivity index is 3.16. The van der Waals surface area contributed by atoms with Gasteiger partial charge in [0.1, 0.15) is 13.2 Å². The van der Waals surface area contributed by atoms with E-state index in [1.807, 2.05) is 0 Å². The fourth-order valence-electron chi connectivity index (χ4n) is 1.93. The maximum absolute atomic E-state index is 12.5. The van der Waals surface area contributed by atoms with E-state index in [0.717, 1.165) is 0 Å². The van der Waals surface area contributed by atoms with E-state index in [9.17, 15) is 9.59 Å². The molecule has 4 nitrogen and oxygen atoms in total. The molecule has 0 saturated carbocycles. The Morgan fingerprint density at radius 1 is 0.679 bits per heavy atom. The molecule has 0 atom stereocenters. The standard InChI is InChI=1S/C20H18Cl4O4/c1-3-5-7-9-11-27-19(25)13-14(16(22)18(24)17(23)15(13)21)20(26)28-12-10-8-6-4-2/h3-4,7-10H,1-2,5-6,11-12H2/b9-7+,10-8+. The van der Waals surface area contributed by atoms with Gasteiger partial charge < -0.3 is 9.47 Å². The van der Waals surface area contributed by atoms with Crippen LogP contribution in [-0.2, 0) is 9.47 Å². The van der Waals surface area contributed by atoms with Gasteiger partial charge in [-0.25, -0.2) is 9.59 Å². The topological polar surface area (TPSA) is 52.6 Å². The molecule has 1 rings (SSSR count). The lowest BCUT2D eigenvalue weighted by atomic mass is 10.1. The van der Waals surface area contributed by atoms with E-state index in [1.54, 1.807) is 36.5 Å². The lowest BCUT2D eigenvalue weighted by molar-refractivity contribution is 0.0503. The van der Waals surface area contributed by atoms with Crippen LogP contribution in [0, 0.1) is 0 Å². The largest absolute Gasteiger partial charge is 0.458 e. The van der Waals surface area contributed by atoms with Crippen molar-refractivity contribution in [3.05, 3.63) is 80.8 Å². The number of benzene rings is 1. The van der Waals surface area contributed by atoms with E-state index < -0.39 is 11.9 Å². The molecule has 0 saturated heterocycles. The zero-order valence-corrected chi connectivity index (χ0v) is 17.9. The number of ether oxygens (including phenoxy) is 2. The van der Waals surface area contributed by atoms with Crippen molar-refractivity contribution in [3.8, 4) is 0 Å². The minimum Gasteiger partial charge on any atom is -0.458 e. The summed E-state index contributed by atoms with van der Waals surface area (Å²) in [5.41, 5.74) is -0.614. The van der Waals surface area contributed by atoms with Crippen LogP contribution in [-0.4, -0.2) is 25.2 Å². The Hall–Kier alpha value is -1.72. The Kier molecular flexibility index (Phi) is 11.0. The molecule has 0 aliphatic carbocycles. The Morgan fingerprint density at radius 3 is 1.36 bits per heavy atom. The first-order valence-electron chi connectivity index (χ1n) is 8.08. The summed E-state index contributed by atoms with van der Waals surface area (Å²) >= 11 is 24.3. The summed E-state index contributed by atoms with van der Waals surface area (Å²) in [7, 11) is 0. The van der Waals surface area contributed by atoms with E-state index in [0.29, 0.717) is 12.8 Å². The smallest absolute Gasteiger partial charge is 0.340 e. The van der Waals surface area contributed by atoms with Crippen molar-refractivity contribution in [1.29, 1.82) is 0 Å². The Labute approximate surface area is 184 Å². The fraction of sp³-hybridized carbons (Fsp3) is 0.200. The molecule has 1 aromatic rings. The molecule has 0 spiro atoms. The molecule has 8 heteroatoms. The first-order chi connectivity index (χ1) is 13.4. The summed E-state index contributed by atoms with van der Waals surface area (Å²) in [5, 5.41) is -0.814. The molecule has 0 N–H and O–H groups in total. The maximum Gasteiger partial charge on any atom is 0.340 e. The van der Waals surface area contributed by atoms with Crippen LogP contribution in [0.25, 0.3) is 0 Å². The van der Waals surface area contributed by atoms with Crippen molar-refractivity contribution in [2.75, 3.05) is 13.2 Å². The van der Waals surface area contributed by atoms with Gasteiger partial charge in [-0.3, -0.25) is 0 Å². The van der Waals surface area contributed by atoms with Crippen LogP contribution in [0.2, 0.25) is 20.1 Å². The molecular weight excluding hydrogens is 446 g/mol. The van der Waals surface area contributed by atoms with Crippen molar-refractivity contribution in [2.45, 2.75) is 12.8 Å². The summed E-state index contributed by atoms with van der Waals surface area (Å²) in [5.74, 6) is -1.77. The highest BCUT2D eigenvalue weighted by molar-refractivity contribution is 6.54. The van der Waals surface area contributed by atoms with E-state index >= 15 is 0 Å². The van der Waals surface area contributed by atoms with Gasteiger partial charge in [0.2, 0.25) is 0 Å².